The SMILES string of the molecule is CCCn1nc(C)c(N)c1N(C)c1ccc(OC)cc1. The third-order valence-corrected chi connectivity index (χ3v) is 3.36. The van der Waals surface area contributed by atoms with Crippen molar-refractivity contribution < 1.29 is 4.74 Å². The molecule has 2 aromatic rings. The predicted molar refractivity (Wildman–Crippen MR) is 82.7 cm³/mol. The summed E-state index contributed by atoms with van der Waals surface area (Å²) < 4.78 is 7.15. The van der Waals surface area contributed by atoms with Gasteiger partial charge in [-0.05, 0) is 37.6 Å². The molecule has 0 unspecified atom stereocenters. The van der Waals surface area contributed by atoms with Gasteiger partial charge in [0.25, 0.3) is 0 Å². The second-order valence-corrected chi connectivity index (χ2v) is 4.80. The molecule has 0 saturated heterocycles. The number of aromatic nitrogens is 2. The van der Waals surface area contributed by atoms with E-state index in [2.05, 4.69) is 16.9 Å². The maximum absolute atomic E-state index is 6.18. The van der Waals surface area contributed by atoms with E-state index in [4.69, 9.17) is 10.5 Å². The highest BCUT2D eigenvalue weighted by atomic mass is 16.5. The summed E-state index contributed by atoms with van der Waals surface area (Å²) in [5.74, 6) is 1.78. The molecule has 108 valence electrons. The minimum absolute atomic E-state index is 0.733. The summed E-state index contributed by atoms with van der Waals surface area (Å²) in [6, 6.07) is 7.90. The maximum Gasteiger partial charge on any atom is 0.154 e. The zero-order chi connectivity index (χ0) is 14.7. The Labute approximate surface area is 119 Å². The minimum atomic E-state index is 0.733. The highest BCUT2D eigenvalue weighted by molar-refractivity contribution is 5.73. The Morgan fingerprint density at radius 1 is 1.30 bits per heavy atom. The summed E-state index contributed by atoms with van der Waals surface area (Å²) in [7, 11) is 3.66. The molecule has 20 heavy (non-hydrogen) atoms. The molecule has 0 aliphatic heterocycles. The van der Waals surface area contributed by atoms with Gasteiger partial charge < -0.3 is 15.4 Å². The molecular weight excluding hydrogens is 252 g/mol. The Balaban J connectivity index is 2.38. The van der Waals surface area contributed by atoms with Gasteiger partial charge in [-0.25, -0.2) is 4.68 Å². The highest BCUT2D eigenvalue weighted by Gasteiger charge is 2.17. The van der Waals surface area contributed by atoms with Crippen molar-refractivity contribution in [3.63, 3.8) is 0 Å². The molecule has 2 N–H and O–H groups in total. The fourth-order valence-corrected chi connectivity index (χ4v) is 2.23. The molecule has 0 atom stereocenters. The van der Waals surface area contributed by atoms with Crippen molar-refractivity contribution in [3.05, 3.63) is 30.0 Å². The lowest BCUT2D eigenvalue weighted by molar-refractivity contribution is 0.415. The van der Waals surface area contributed by atoms with Gasteiger partial charge in [0, 0.05) is 19.3 Å². The molecule has 0 aliphatic carbocycles. The van der Waals surface area contributed by atoms with Gasteiger partial charge in [0.1, 0.15) is 5.75 Å². The summed E-state index contributed by atoms with van der Waals surface area (Å²) in [4.78, 5) is 2.06. The molecule has 5 heteroatoms. The van der Waals surface area contributed by atoms with Crippen LogP contribution in [0.5, 0.6) is 5.75 Å². The number of benzene rings is 1. The van der Waals surface area contributed by atoms with E-state index in [9.17, 15) is 0 Å². The van der Waals surface area contributed by atoms with Crippen LogP contribution >= 0.6 is 0 Å². The first-order valence-corrected chi connectivity index (χ1v) is 6.79. The third-order valence-electron chi connectivity index (χ3n) is 3.36. The van der Waals surface area contributed by atoms with Crippen molar-refractivity contribution in [1.82, 2.24) is 9.78 Å². The largest absolute Gasteiger partial charge is 0.497 e. The van der Waals surface area contributed by atoms with Crippen molar-refractivity contribution >= 4 is 17.2 Å². The number of nitrogens with zero attached hydrogens (tertiary/aromatic N) is 3. The van der Waals surface area contributed by atoms with Crippen LogP contribution in [0.25, 0.3) is 0 Å². The molecule has 1 aromatic carbocycles. The van der Waals surface area contributed by atoms with E-state index >= 15 is 0 Å². The van der Waals surface area contributed by atoms with E-state index < -0.39 is 0 Å². The standard InChI is InChI=1S/C15H22N4O/c1-5-10-19-15(14(16)11(2)17-19)18(3)12-6-8-13(20-4)9-7-12/h6-9H,5,10,16H2,1-4H3. The lowest BCUT2D eigenvalue weighted by atomic mass is 10.2. The number of rotatable bonds is 5. The molecule has 0 radical (unpaired) electrons. The minimum Gasteiger partial charge on any atom is -0.497 e. The van der Waals surface area contributed by atoms with E-state index in [1.54, 1.807) is 7.11 Å². The summed E-state index contributed by atoms with van der Waals surface area (Å²) in [5, 5.41) is 4.51. The maximum atomic E-state index is 6.18. The van der Waals surface area contributed by atoms with Gasteiger partial charge in [0.05, 0.1) is 18.5 Å². The number of hydrogen-bond donors (Lipinski definition) is 1. The van der Waals surface area contributed by atoms with Crippen LogP contribution in [-0.2, 0) is 6.54 Å². The zero-order valence-electron chi connectivity index (χ0n) is 12.6. The molecule has 0 saturated carbocycles. The Kier molecular flexibility index (Phi) is 4.17. The number of aryl methyl sites for hydroxylation is 2. The number of anilines is 3. The van der Waals surface area contributed by atoms with Crippen LogP contribution in [-0.4, -0.2) is 23.9 Å². The molecule has 2 rings (SSSR count). The summed E-state index contributed by atoms with van der Waals surface area (Å²) in [6.07, 6.45) is 1.02. The molecule has 1 heterocycles. The first-order valence-electron chi connectivity index (χ1n) is 6.79. The van der Waals surface area contributed by atoms with Crippen LogP contribution in [0.15, 0.2) is 24.3 Å². The Hall–Kier alpha value is -2.17. The number of nitrogen functional groups attached to an aromatic ring is 1. The van der Waals surface area contributed by atoms with Gasteiger partial charge in [-0.3, -0.25) is 0 Å². The molecule has 0 aliphatic rings. The number of hydrogen-bond acceptors (Lipinski definition) is 4. The third kappa shape index (κ3) is 2.57. The molecule has 0 amide bonds. The molecule has 5 nitrogen and oxygen atoms in total. The van der Waals surface area contributed by atoms with Crippen LogP contribution in [0, 0.1) is 6.92 Å². The second kappa shape index (κ2) is 5.86. The zero-order valence-corrected chi connectivity index (χ0v) is 12.6. The summed E-state index contributed by atoms with van der Waals surface area (Å²) in [5.41, 5.74) is 8.83. The number of nitrogens with two attached hydrogens (primary N) is 1. The van der Waals surface area contributed by atoms with E-state index in [-0.39, 0.29) is 0 Å². The first-order chi connectivity index (χ1) is 9.58. The van der Waals surface area contributed by atoms with E-state index in [1.165, 1.54) is 0 Å². The molecular formula is C15H22N4O. The van der Waals surface area contributed by atoms with Crippen LogP contribution in [0.1, 0.15) is 19.0 Å². The van der Waals surface area contributed by atoms with Crippen molar-refractivity contribution in [1.29, 1.82) is 0 Å². The lowest BCUT2D eigenvalue weighted by Crippen LogP contribution is -2.16. The van der Waals surface area contributed by atoms with Gasteiger partial charge in [-0.1, -0.05) is 6.92 Å². The van der Waals surface area contributed by atoms with Gasteiger partial charge >= 0.3 is 0 Å². The highest BCUT2D eigenvalue weighted by Crippen LogP contribution is 2.32. The normalized spacial score (nSPS) is 10.6. The van der Waals surface area contributed by atoms with Crippen molar-refractivity contribution in [3.8, 4) is 5.75 Å². The molecule has 0 fully saturated rings. The first kappa shape index (κ1) is 14.2. The Bertz CT molecular complexity index is 574. The second-order valence-electron chi connectivity index (χ2n) is 4.80. The fraction of sp³-hybridized carbons (Fsp3) is 0.400. The van der Waals surface area contributed by atoms with Crippen LogP contribution in [0.4, 0.5) is 17.2 Å². The lowest BCUT2D eigenvalue weighted by Gasteiger charge is -2.21. The van der Waals surface area contributed by atoms with Gasteiger partial charge in [0.2, 0.25) is 0 Å². The monoisotopic (exact) mass is 274 g/mol. The van der Waals surface area contributed by atoms with Crippen molar-refractivity contribution in [2.45, 2.75) is 26.8 Å². The van der Waals surface area contributed by atoms with Gasteiger partial charge in [-0.15, -0.1) is 0 Å². The van der Waals surface area contributed by atoms with Crippen LogP contribution in [0.2, 0.25) is 0 Å². The van der Waals surface area contributed by atoms with Crippen molar-refractivity contribution in [2.75, 3.05) is 24.8 Å². The van der Waals surface area contributed by atoms with Gasteiger partial charge in [0.15, 0.2) is 5.82 Å². The van der Waals surface area contributed by atoms with Crippen LogP contribution in [0.3, 0.4) is 0 Å². The Morgan fingerprint density at radius 3 is 2.50 bits per heavy atom. The van der Waals surface area contributed by atoms with Crippen LogP contribution < -0.4 is 15.4 Å². The predicted octanol–water partition coefficient (Wildman–Crippen LogP) is 2.96. The molecule has 0 bridgehead atoms. The summed E-state index contributed by atoms with van der Waals surface area (Å²) in [6.45, 7) is 4.92. The average Bonchev–Trinajstić information content (AvgIpc) is 2.74. The van der Waals surface area contributed by atoms with Gasteiger partial charge in [-0.2, -0.15) is 5.10 Å². The Morgan fingerprint density at radius 2 is 1.95 bits per heavy atom. The number of methoxy groups -OCH3 is 1. The average molecular weight is 274 g/mol. The summed E-state index contributed by atoms with van der Waals surface area (Å²) >= 11 is 0. The number of ether oxygens (including phenoxy) is 1. The molecule has 0 spiro atoms. The van der Waals surface area contributed by atoms with E-state index in [0.717, 1.165) is 41.6 Å². The fourth-order valence-electron chi connectivity index (χ4n) is 2.23. The molecule has 1 aromatic heterocycles. The van der Waals surface area contributed by atoms with Crippen molar-refractivity contribution in [2.24, 2.45) is 0 Å². The quantitative estimate of drug-likeness (QED) is 0.910. The topological polar surface area (TPSA) is 56.3 Å². The van der Waals surface area contributed by atoms with E-state index in [1.807, 2.05) is 42.9 Å². The smallest absolute Gasteiger partial charge is 0.154 e. The van der Waals surface area contributed by atoms with E-state index in [0.29, 0.717) is 0 Å².